The van der Waals surface area contributed by atoms with Crippen LogP contribution in [-0.4, -0.2) is 61.1 Å². The fourth-order valence-corrected chi connectivity index (χ4v) is 2.60. The number of carboxylic acids is 1. The van der Waals surface area contributed by atoms with E-state index in [0.717, 1.165) is 14.2 Å². The average molecular weight is 485 g/mol. The molecule has 0 bridgehead atoms. The highest BCUT2D eigenvalue weighted by atomic mass is 16.8. The average Bonchev–Trinajstić information content (AvgIpc) is 2.74. The molecule has 2 N–H and O–H groups in total. The molecule has 0 fully saturated rings. The van der Waals surface area contributed by atoms with Crippen LogP contribution in [0.5, 0.6) is 11.5 Å². The van der Waals surface area contributed by atoms with Crippen molar-refractivity contribution >= 4 is 24.4 Å². The van der Waals surface area contributed by atoms with Crippen LogP contribution in [0.25, 0.3) is 0 Å². The first-order valence-corrected chi connectivity index (χ1v) is 10.3. The van der Waals surface area contributed by atoms with Gasteiger partial charge in [0.15, 0.2) is 11.5 Å². The summed E-state index contributed by atoms with van der Waals surface area (Å²) >= 11 is 0. The van der Waals surface area contributed by atoms with Crippen molar-refractivity contribution in [1.82, 2.24) is 5.32 Å². The summed E-state index contributed by atoms with van der Waals surface area (Å²) in [6, 6.07) is 3.47. The lowest BCUT2D eigenvalue weighted by Crippen LogP contribution is -2.59. The van der Waals surface area contributed by atoms with E-state index in [1.165, 1.54) is 18.2 Å². The largest absolute Gasteiger partial charge is 0.513 e. The van der Waals surface area contributed by atoms with Crippen molar-refractivity contribution in [2.75, 3.05) is 14.2 Å². The molecule has 0 aromatic heterocycles. The summed E-state index contributed by atoms with van der Waals surface area (Å²) in [5.74, 6) is -1.94. The third-order valence-electron chi connectivity index (χ3n) is 4.52. The van der Waals surface area contributed by atoms with E-state index in [4.69, 9.17) is 18.9 Å². The summed E-state index contributed by atoms with van der Waals surface area (Å²) in [6.07, 6.45) is -3.31. The Kier molecular flexibility index (Phi) is 10.1. The van der Waals surface area contributed by atoms with E-state index in [1.807, 2.05) is 0 Å². The standard InChI is InChI=1S/C22H31NO11/c1-8-21(4,5)33-20(28)34-22(17(24)25,23-13(2)3)12-14-9-10-15(31-18(26)29-6)16(11-14)32-19(27)30-7/h9-11,13,23H,8,12H2,1-7H3,(H,24,25)/t22-/m0/s1. The van der Waals surface area contributed by atoms with Crippen molar-refractivity contribution in [3.05, 3.63) is 23.8 Å². The highest BCUT2D eigenvalue weighted by molar-refractivity contribution is 5.80. The maximum atomic E-state index is 12.5. The first-order chi connectivity index (χ1) is 15.8. The molecule has 1 aromatic rings. The molecule has 0 aliphatic rings. The van der Waals surface area contributed by atoms with Gasteiger partial charge >= 0.3 is 24.4 Å². The molecular formula is C22H31NO11. The van der Waals surface area contributed by atoms with Crippen LogP contribution in [0.3, 0.4) is 0 Å². The Morgan fingerprint density at radius 2 is 1.50 bits per heavy atom. The van der Waals surface area contributed by atoms with Crippen LogP contribution in [0, 0.1) is 0 Å². The molecule has 12 heteroatoms. The van der Waals surface area contributed by atoms with Crippen molar-refractivity contribution in [3.8, 4) is 11.5 Å². The maximum absolute atomic E-state index is 12.5. The van der Waals surface area contributed by atoms with Gasteiger partial charge in [0.25, 0.3) is 5.72 Å². The van der Waals surface area contributed by atoms with Crippen LogP contribution < -0.4 is 14.8 Å². The highest BCUT2D eigenvalue weighted by Crippen LogP contribution is 2.31. The number of hydrogen-bond donors (Lipinski definition) is 2. The van der Waals surface area contributed by atoms with Gasteiger partial charge in [0.1, 0.15) is 5.60 Å². The van der Waals surface area contributed by atoms with Crippen molar-refractivity contribution in [2.45, 2.75) is 64.8 Å². The van der Waals surface area contributed by atoms with Gasteiger partial charge in [-0.25, -0.2) is 19.2 Å². The SMILES string of the molecule is CCC(C)(C)OC(=O)O[C@](Cc1ccc(OC(=O)OC)c(OC(=O)OC)c1)(NC(C)C)C(=O)O. The number of benzene rings is 1. The fourth-order valence-electron chi connectivity index (χ4n) is 2.60. The molecule has 0 amide bonds. The molecule has 0 aliphatic carbocycles. The summed E-state index contributed by atoms with van der Waals surface area (Å²) in [6.45, 7) is 8.44. The van der Waals surface area contributed by atoms with Crippen LogP contribution >= 0.6 is 0 Å². The Balaban J connectivity index is 3.40. The molecule has 0 saturated heterocycles. The van der Waals surface area contributed by atoms with Crippen molar-refractivity contribution < 1.29 is 52.7 Å². The molecular weight excluding hydrogens is 454 g/mol. The second-order valence-corrected chi connectivity index (χ2v) is 8.07. The van der Waals surface area contributed by atoms with E-state index in [1.54, 1.807) is 34.6 Å². The normalized spacial score (nSPS) is 12.8. The van der Waals surface area contributed by atoms with Crippen LogP contribution in [0.4, 0.5) is 14.4 Å². The Labute approximate surface area is 197 Å². The summed E-state index contributed by atoms with van der Waals surface area (Å²) in [5.41, 5.74) is -2.87. The van der Waals surface area contributed by atoms with Gasteiger partial charge in [-0.1, -0.05) is 13.0 Å². The fraction of sp³-hybridized carbons (Fsp3) is 0.545. The summed E-state index contributed by atoms with van der Waals surface area (Å²) < 4.78 is 29.4. The first-order valence-electron chi connectivity index (χ1n) is 10.3. The van der Waals surface area contributed by atoms with Crippen LogP contribution in [0.1, 0.15) is 46.6 Å². The molecule has 190 valence electrons. The van der Waals surface area contributed by atoms with Gasteiger partial charge in [-0.2, -0.15) is 0 Å². The van der Waals surface area contributed by atoms with Crippen molar-refractivity contribution in [3.63, 3.8) is 0 Å². The number of carbonyl (C=O) groups excluding carboxylic acids is 3. The van der Waals surface area contributed by atoms with Gasteiger partial charge in [0.05, 0.1) is 14.2 Å². The van der Waals surface area contributed by atoms with Gasteiger partial charge in [0.2, 0.25) is 0 Å². The Morgan fingerprint density at radius 3 is 1.97 bits per heavy atom. The van der Waals surface area contributed by atoms with E-state index < -0.39 is 48.2 Å². The Bertz CT molecular complexity index is 897. The van der Waals surface area contributed by atoms with Gasteiger partial charge in [-0.05, 0) is 51.8 Å². The highest BCUT2D eigenvalue weighted by Gasteiger charge is 2.45. The third-order valence-corrected chi connectivity index (χ3v) is 4.52. The van der Waals surface area contributed by atoms with E-state index >= 15 is 0 Å². The third kappa shape index (κ3) is 8.43. The van der Waals surface area contributed by atoms with Crippen LogP contribution in [0.15, 0.2) is 18.2 Å². The zero-order valence-corrected chi connectivity index (χ0v) is 20.3. The molecule has 0 heterocycles. The number of nitrogens with one attached hydrogen (secondary N) is 1. The first kappa shape index (κ1) is 28.5. The van der Waals surface area contributed by atoms with Crippen LogP contribution in [-0.2, 0) is 30.2 Å². The number of aliphatic carboxylic acids is 1. The molecule has 1 atom stereocenters. The molecule has 0 spiro atoms. The summed E-state index contributed by atoms with van der Waals surface area (Å²) in [7, 11) is 2.17. The second-order valence-electron chi connectivity index (χ2n) is 8.07. The lowest BCUT2D eigenvalue weighted by Gasteiger charge is -2.33. The number of hydrogen-bond acceptors (Lipinski definition) is 11. The molecule has 34 heavy (non-hydrogen) atoms. The van der Waals surface area contributed by atoms with Crippen molar-refractivity contribution in [2.24, 2.45) is 0 Å². The molecule has 1 rings (SSSR count). The Morgan fingerprint density at radius 1 is 0.941 bits per heavy atom. The zero-order valence-electron chi connectivity index (χ0n) is 20.3. The lowest BCUT2D eigenvalue weighted by molar-refractivity contribution is -0.169. The smallest absolute Gasteiger partial charge is 0.477 e. The minimum atomic E-state index is -2.23. The number of methoxy groups -OCH3 is 2. The predicted octanol–water partition coefficient (Wildman–Crippen LogP) is 3.64. The number of ether oxygens (including phenoxy) is 6. The minimum Gasteiger partial charge on any atom is -0.477 e. The summed E-state index contributed by atoms with van der Waals surface area (Å²) in [5, 5.41) is 12.8. The van der Waals surface area contributed by atoms with Gasteiger partial charge < -0.3 is 33.5 Å². The van der Waals surface area contributed by atoms with Gasteiger partial charge in [-0.15, -0.1) is 0 Å². The molecule has 0 aliphatic heterocycles. The molecule has 0 saturated carbocycles. The quantitative estimate of drug-likeness (QED) is 0.215. The monoisotopic (exact) mass is 485 g/mol. The number of carbonyl (C=O) groups is 4. The molecule has 0 radical (unpaired) electrons. The van der Waals surface area contributed by atoms with Crippen molar-refractivity contribution in [1.29, 1.82) is 0 Å². The van der Waals surface area contributed by atoms with Gasteiger partial charge in [-0.3, -0.25) is 5.32 Å². The summed E-state index contributed by atoms with van der Waals surface area (Å²) in [4.78, 5) is 47.9. The van der Waals surface area contributed by atoms with Crippen LogP contribution in [0.2, 0.25) is 0 Å². The Hall–Kier alpha value is -3.54. The maximum Gasteiger partial charge on any atom is 0.513 e. The predicted molar refractivity (Wildman–Crippen MR) is 117 cm³/mol. The van der Waals surface area contributed by atoms with E-state index in [9.17, 15) is 24.3 Å². The molecule has 0 unspecified atom stereocenters. The molecule has 1 aromatic carbocycles. The zero-order chi connectivity index (χ0) is 26.1. The number of rotatable bonds is 10. The van der Waals surface area contributed by atoms with Gasteiger partial charge in [0, 0.05) is 12.5 Å². The van der Waals surface area contributed by atoms with E-state index in [-0.39, 0.29) is 17.1 Å². The van der Waals surface area contributed by atoms with E-state index in [0.29, 0.717) is 6.42 Å². The van der Waals surface area contributed by atoms with E-state index in [2.05, 4.69) is 14.8 Å². The lowest BCUT2D eigenvalue weighted by atomic mass is 10.0. The minimum absolute atomic E-state index is 0.191. The number of carboxylic acid groups (broad SMARTS) is 1. The topological polar surface area (TPSA) is 156 Å². The molecule has 12 nitrogen and oxygen atoms in total. The second kappa shape index (κ2) is 12.1.